The first-order chi connectivity index (χ1) is 7.47. The maximum atomic E-state index is 11.7. The summed E-state index contributed by atoms with van der Waals surface area (Å²) < 4.78 is 0. The molecule has 0 aromatic heterocycles. The van der Waals surface area contributed by atoms with Crippen molar-refractivity contribution in [3.63, 3.8) is 0 Å². The molecule has 0 radical (unpaired) electrons. The topological polar surface area (TPSA) is 109 Å². The van der Waals surface area contributed by atoms with E-state index >= 15 is 0 Å². The van der Waals surface area contributed by atoms with Gasteiger partial charge >= 0.3 is 5.97 Å². The number of carboxylic acid groups (broad SMARTS) is 1. The van der Waals surface area contributed by atoms with E-state index in [1.807, 2.05) is 0 Å². The van der Waals surface area contributed by atoms with Crippen molar-refractivity contribution in [2.24, 2.45) is 5.73 Å². The highest BCUT2D eigenvalue weighted by molar-refractivity contribution is 6.26. The molecule has 6 nitrogen and oxygen atoms in total. The van der Waals surface area contributed by atoms with Gasteiger partial charge in [-0.25, -0.2) is 4.79 Å². The van der Waals surface area contributed by atoms with Crippen LogP contribution in [-0.4, -0.2) is 41.3 Å². The van der Waals surface area contributed by atoms with Crippen LogP contribution in [0.3, 0.4) is 0 Å². The molecule has 0 unspecified atom stereocenters. The largest absolute Gasteiger partial charge is 0.479 e. The Balaban J connectivity index is 5.30. The minimum atomic E-state index is -2.12. The van der Waals surface area contributed by atoms with E-state index in [-0.39, 0.29) is 25.9 Å². The molecule has 0 saturated heterocycles. The van der Waals surface area contributed by atoms with Gasteiger partial charge in [-0.05, 0) is 0 Å². The third-order valence-electron chi connectivity index (χ3n) is 2.33. The van der Waals surface area contributed by atoms with Crippen LogP contribution < -0.4 is 11.1 Å². The average Bonchev–Trinajstić information content (AvgIpc) is 2.28. The number of carbonyl (C=O) groups excluding carboxylic acids is 2. The zero-order valence-electron chi connectivity index (χ0n) is 9.58. The first-order valence-corrected chi connectivity index (χ1v) is 5.22. The second kappa shape index (κ2) is 6.34. The Morgan fingerprint density at radius 3 is 1.88 bits per heavy atom. The lowest BCUT2D eigenvalue weighted by molar-refractivity contribution is -0.154. The Bertz CT molecular complexity index is 273. The summed E-state index contributed by atoms with van der Waals surface area (Å²) in [5, 5.41) is 11.6. The SMILES string of the molecule is CCC(=O)C(NCCN)(C(=O)O)C(=O)CC. The predicted molar refractivity (Wildman–Crippen MR) is 58.0 cm³/mol. The minimum Gasteiger partial charge on any atom is -0.479 e. The Morgan fingerprint density at radius 1 is 1.19 bits per heavy atom. The number of nitrogens with two attached hydrogens (primary N) is 1. The van der Waals surface area contributed by atoms with Crippen molar-refractivity contribution in [3.05, 3.63) is 0 Å². The number of ketones is 2. The number of carboxylic acids is 1. The standard InChI is InChI=1S/C10H18N2O4/c1-3-7(13)10(9(15)16,8(14)4-2)12-6-5-11/h12H,3-6,11H2,1-2H3,(H,15,16). The molecule has 0 heterocycles. The third-order valence-corrected chi connectivity index (χ3v) is 2.33. The van der Waals surface area contributed by atoms with Crippen molar-refractivity contribution in [2.75, 3.05) is 13.1 Å². The number of hydrogen-bond donors (Lipinski definition) is 3. The molecule has 0 atom stereocenters. The van der Waals surface area contributed by atoms with Crippen LogP contribution in [0.5, 0.6) is 0 Å². The molecule has 0 fully saturated rings. The fourth-order valence-electron chi connectivity index (χ4n) is 1.46. The maximum Gasteiger partial charge on any atom is 0.339 e. The molecule has 0 aliphatic heterocycles. The number of hydrogen-bond acceptors (Lipinski definition) is 5. The quantitative estimate of drug-likeness (QED) is 0.476. The van der Waals surface area contributed by atoms with Crippen molar-refractivity contribution < 1.29 is 19.5 Å². The Hall–Kier alpha value is -1.27. The van der Waals surface area contributed by atoms with Gasteiger partial charge in [0.15, 0.2) is 11.6 Å². The van der Waals surface area contributed by atoms with E-state index in [2.05, 4.69) is 5.32 Å². The van der Waals surface area contributed by atoms with Crippen LogP contribution in [0.1, 0.15) is 26.7 Å². The molecule has 0 spiro atoms. The van der Waals surface area contributed by atoms with Gasteiger partial charge in [0.2, 0.25) is 5.54 Å². The van der Waals surface area contributed by atoms with E-state index in [0.29, 0.717) is 0 Å². The smallest absolute Gasteiger partial charge is 0.339 e. The van der Waals surface area contributed by atoms with Gasteiger partial charge in [0.1, 0.15) is 0 Å². The number of nitrogens with one attached hydrogen (secondary N) is 1. The molecule has 0 bridgehead atoms. The summed E-state index contributed by atoms with van der Waals surface area (Å²) in [6, 6.07) is 0. The van der Waals surface area contributed by atoms with E-state index in [0.717, 1.165) is 0 Å². The highest BCUT2D eigenvalue weighted by atomic mass is 16.4. The van der Waals surface area contributed by atoms with Gasteiger partial charge in [-0.3, -0.25) is 14.9 Å². The molecule has 0 aromatic rings. The van der Waals surface area contributed by atoms with Crippen LogP contribution in [-0.2, 0) is 14.4 Å². The summed E-state index contributed by atoms with van der Waals surface area (Å²) in [5.74, 6) is -2.74. The lowest BCUT2D eigenvalue weighted by Crippen LogP contribution is -2.64. The molecule has 0 aliphatic rings. The number of Topliss-reactive ketones (excluding diaryl/α,β-unsaturated/α-hetero) is 2. The lowest BCUT2D eigenvalue weighted by atomic mass is 9.86. The van der Waals surface area contributed by atoms with E-state index in [4.69, 9.17) is 10.8 Å². The van der Waals surface area contributed by atoms with Crippen molar-refractivity contribution in [2.45, 2.75) is 32.2 Å². The van der Waals surface area contributed by atoms with Gasteiger partial charge in [0.25, 0.3) is 0 Å². The van der Waals surface area contributed by atoms with Crippen LogP contribution in [0.25, 0.3) is 0 Å². The summed E-state index contributed by atoms with van der Waals surface area (Å²) in [7, 11) is 0. The third kappa shape index (κ3) is 2.65. The molecule has 0 aliphatic carbocycles. The van der Waals surface area contributed by atoms with Gasteiger partial charge in [-0.15, -0.1) is 0 Å². The number of rotatable bonds is 8. The normalized spacial score (nSPS) is 11.2. The molecular weight excluding hydrogens is 212 g/mol. The summed E-state index contributed by atoms with van der Waals surface area (Å²) >= 11 is 0. The van der Waals surface area contributed by atoms with Gasteiger partial charge in [0.05, 0.1) is 0 Å². The second-order valence-corrected chi connectivity index (χ2v) is 3.32. The zero-order valence-corrected chi connectivity index (χ0v) is 9.58. The molecule has 92 valence electrons. The van der Waals surface area contributed by atoms with Crippen molar-refractivity contribution in [1.82, 2.24) is 5.32 Å². The van der Waals surface area contributed by atoms with Gasteiger partial charge in [-0.2, -0.15) is 0 Å². The number of aliphatic carboxylic acids is 1. The van der Waals surface area contributed by atoms with Crippen molar-refractivity contribution in [1.29, 1.82) is 0 Å². The first-order valence-electron chi connectivity index (χ1n) is 5.22. The lowest BCUT2D eigenvalue weighted by Gasteiger charge is -2.26. The predicted octanol–water partition coefficient (Wildman–Crippen LogP) is -0.684. The Labute approximate surface area is 94.2 Å². The summed E-state index contributed by atoms with van der Waals surface area (Å²) in [6.07, 6.45) is -0.0365. The summed E-state index contributed by atoms with van der Waals surface area (Å²) in [4.78, 5) is 34.5. The Kier molecular flexibility index (Phi) is 5.84. The minimum absolute atomic E-state index is 0.0182. The van der Waals surface area contributed by atoms with Crippen LogP contribution in [0.15, 0.2) is 0 Å². The van der Waals surface area contributed by atoms with Crippen LogP contribution in [0.2, 0.25) is 0 Å². The highest BCUT2D eigenvalue weighted by Gasteiger charge is 2.50. The van der Waals surface area contributed by atoms with Crippen LogP contribution >= 0.6 is 0 Å². The second-order valence-electron chi connectivity index (χ2n) is 3.32. The van der Waals surface area contributed by atoms with Crippen molar-refractivity contribution in [3.8, 4) is 0 Å². The van der Waals surface area contributed by atoms with E-state index < -0.39 is 23.1 Å². The molecular formula is C10H18N2O4. The van der Waals surface area contributed by atoms with Gasteiger partial charge < -0.3 is 10.8 Å². The maximum absolute atomic E-state index is 11.7. The summed E-state index contributed by atoms with van der Waals surface area (Å²) in [6.45, 7) is 3.30. The fraction of sp³-hybridized carbons (Fsp3) is 0.700. The highest BCUT2D eigenvalue weighted by Crippen LogP contribution is 2.13. The van der Waals surface area contributed by atoms with E-state index in [9.17, 15) is 14.4 Å². The van der Waals surface area contributed by atoms with Gasteiger partial charge in [0, 0.05) is 25.9 Å². The first kappa shape index (κ1) is 14.7. The van der Waals surface area contributed by atoms with Crippen LogP contribution in [0.4, 0.5) is 0 Å². The molecule has 0 saturated carbocycles. The summed E-state index contributed by atoms with van der Waals surface area (Å²) in [5.41, 5.74) is 3.12. The van der Waals surface area contributed by atoms with Gasteiger partial charge in [-0.1, -0.05) is 13.8 Å². The Morgan fingerprint density at radius 2 is 1.62 bits per heavy atom. The number of carbonyl (C=O) groups is 3. The molecule has 0 amide bonds. The van der Waals surface area contributed by atoms with Crippen molar-refractivity contribution >= 4 is 17.5 Å². The van der Waals surface area contributed by atoms with E-state index in [1.54, 1.807) is 0 Å². The molecule has 0 rings (SSSR count). The average molecular weight is 230 g/mol. The molecule has 4 N–H and O–H groups in total. The van der Waals surface area contributed by atoms with E-state index in [1.165, 1.54) is 13.8 Å². The monoisotopic (exact) mass is 230 g/mol. The fourth-order valence-corrected chi connectivity index (χ4v) is 1.46. The molecule has 0 aromatic carbocycles. The van der Waals surface area contributed by atoms with Crippen LogP contribution in [0, 0.1) is 0 Å². The molecule has 16 heavy (non-hydrogen) atoms. The zero-order chi connectivity index (χ0) is 12.8. The molecule has 6 heteroatoms.